The van der Waals surface area contributed by atoms with Crippen molar-refractivity contribution in [3.63, 3.8) is 0 Å². The third kappa shape index (κ3) is 7.16. The standard InChI is InChI=1S/C6H12O4.C3H6O3/c1-6(3-7,4-8)5(9)10-2;4-2-1-3(5)6/h7-8H,3-4H2,1-2H3;4H,1-2H2,(H,5,6). The van der Waals surface area contributed by atoms with Crippen LogP contribution in [0.3, 0.4) is 0 Å². The fourth-order valence-electron chi connectivity index (χ4n) is 0.521. The summed E-state index contributed by atoms with van der Waals surface area (Å²) in [5.74, 6) is -1.56. The second-order valence-electron chi connectivity index (χ2n) is 3.24. The second kappa shape index (κ2) is 9.08. The highest BCUT2D eigenvalue weighted by Gasteiger charge is 2.32. The Labute approximate surface area is 93.3 Å². The van der Waals surface area contributed by atoms with Crippen molar-refractivity contribution in [1.82, 2.24) is 0 Å². The van der Waals surface area contributed by atoms with Crippen LogP contribution in [0.1, 0.15) is 13.3 Å². The van der Waals surface area contributed by atoms with E-state index in [2.05, 4.69) is 4.74 Å². The van der Waals surface area contributed by atoms with Crippen LogP contribution < -0.4 is 0 Å². The number of rotatable bonds is 5. The van der Waals surface area contributed by atoms with Gasteiger partial charge in [0.2, 0.25) is 0 Å². The predicted molar refractivity (Wildman–Crippen MR) is 53.6 cm³/mol. The highest BCUT2D eigenvalue weighted by molar-refractivity contribution is 5.76. The van der Waals surface area contributed by atoms with E-state index in [4.69, 9.17) is 20.4 Å². The number of carboxylic acids is 1. The topological polar surface area (TPSA) is 124 Å². The molecule has 0 heterocycles. The molecular weight excluding hydrogens is 220 g/mol. The summed E-state index contributed by atoms with van der Waals surface area (Å²) >= 11 is 0. The zero-order valence-electron chi connectivity index (χ0n) is 9.34. The summed E-state index contributed by atoms with van der Waals surface area (Å²) in [6.07, 6.45) is -0.153. The monoisotopic (exact) mass is 238 g/mol. The average Bonchev–Trinajstić information content (AvgIpc) is 2.27. The zero-order valence-corrected chi connectivity index (χ0v) is 9.34. The van der Waals surface area contributed by atoms with Crippen LogP contribution >= 0.6 is 0 Å². The number of carboxylic acid groups (broad SMARTS) is 1. The normalized spacial score (nSPS) is 10.1. The van der Waals surface area contributed by atoms with Gasteiger partial charge in [0.15, 0.2) is 0 Å². The Bertz CT molecular complexity index is 210. The SMILES string of the molecule is COC(=O)C(C)(CO)CO.O=C(O)CCO. The van der Waals surface area contributed by atoms with Gasteiger partial charge in [0.05, 0.1) is 33.4 Å². The van der Waals surface area contributed by atoms with Crippen LogP contribution in [0.4, 0.5) is 0 Å². The van der Waals surface area contributed by atoms with Crippen LogP contribution in [0.25, 0.3) is 0 Å². The summed E-state index contributed by atoms with van der Waals surface area (Å²) in [6.45, 7) is 0.348. The van der Waals surface area contributed by atoms with Crippen molar-refractivity contribution in [2.24, 2.45) is 5.41 Å². The van der Waals surface area contributed by atoms with Crippen LogP contribution in [0.5, 0.6) is 0 Å². The van der Waals surface area contributed by atoms with Gasteiger partial charge in [-0.05, 0) is 6.92 Å². The summed E-state index contributed by atoms with van der Waals surface area (Å²) in [6, 6.07) is 0. The Hall–Kier alpha value is -1.18. The first-order valence-corrected chi connectivity index (χ1v) is 4.50. The van der Waals surface area contributed by atoms with Gasteiger partial charge in [0.25, 0.3) is 0 Å². The molecule has 0 amide bonds. The van der Waals surface area contributed by atoms with Gasteiger partial charge in [-0.25, -0.2) is 0 Å². The van der Waals surface area contributed by atoms with Gasteiger partial charge < -0.3 is 25.2 Å². The fourth-order valence-corrected chi connectivity index (χ4v) is 0.521. The maximum atomic E-state index is 10.8. The molecule has 0 aromatic carbocycles. The quantitative estimate of drug-likeness (QED) is 0.434. The zero-order chi connectivity index (χ0) is 13.2. The Morgan fingerprint density at radius 1 is 1.19 bits per heavy atom. The largest absolute Gasteiger partial charge is 0.481 e. The molecule has 0 aromatic rings. The molecule has 0 spiro atoms. The minimum atomic E-state index is -1.16. The number of aliphatic hydroxyl groups is 3. The summed E-state index contributed by atoms with van der Waals surface area (Å²) in [4.78, 5) is 20.2. The van der Waals surface area contributed by atoms with Gasteiger partial charge in [-0.2, -0.15) is 0 Å². The van der Waals surface area contributed by atoms with Crippen molar-refractivity contribution in [3.05, 3.63) is 0 Å². The summed E-state index contributed by atoms with van der Waals surface area (Å²) in [7, 11) is 1.21. The highest BCUT2D eigenvalue weighted by Crippen LogP contribution is 2.15. The molecule has 0 saturated heterocycles. The Balaban J connectivity index is 0. The Morgan fingerprint density at radius 3 is 1.69 bits per heavy atom. The molecule has 7 nitrogen and oxygen atoms in total. The van der Waals surface area contributed by atoms with E-state index in [0.717, 1.165) is 0 Å². The Morgan fingerprint density at radius 2 is 1.62 bits per heavy atom. The van der Waals surface area contributed by atoms with Gasteiger partial charge in [0, 0.05) is 0 Å². The molecule has 0 aliphatic heterocycles. The van der Waals surface area contributed by atoms with E-state index in [1.807, 2.05) is 0 Å². The molecule has 0 bridgehead atoms. The lowest BCUT2D eigenvalue weighted by atomic mass is 9.93. The van der Waals surface area contributed by atoms with Crippen LogP contribution in [0, 0.1) is 5.41 Å². The van der Waals surface area contributed by atoms with Gasteiger partial charge in [0.1, 0.15) is 5.41 Å². The fraction of sp³-hybridized carbons (Fsp3) is 0.778. The van der Waals surface area contributed by atoms with E-state index in [1.165, 1.54) is 14.0 Å². The molecule has 0 fully saturated rings. The molecule has 0 aliphatic rings. The van der Waals surface area contributed by atoms with Crippen LogP contribution in [0.15, 0.2) is 0 Å². The average molecular weight is 238 g/mol. The van der Waals surface area contributed by atoms with E-state index < -0.39 is 30.6 Å². The van der Waals surface area contributed by atoms with Crippen LogP contribution in [-0.4, -0.2) is 59.3 Å². The minimum absolute atomic E-state index is 0.153. The second-order valence-corrected chi connectivity index (χ2v) is 3.24. The molecule has 0 rings (SSSR count). The van der Waals surface area contributed by atoms with Gasteiger partial charge in [-0.15, -0.1) is 0 Å². The number of esters is 1. The van der Waals surface area contributed by atoms with Crippen molar-refractivity contribution in [3.8, 4) is 0 Å². The predicted octanol–water partition coefficient (Wildman–Crippen LogP) is -1.40. The van der Waals surface area contributed by atoms with E-state index in [9.17, 15) is 9.59 Å². The lowest BCUT2D eigenvalue weighted by Crippen LogP contribution is -2.36. The first-order valence-electron chi connectivity index (χ1n) is 4.50. The summed E-state index contributed by atoms with van der Waals surface area (Å²) in [5.41, 5.74) is -1.16. The van der Waals surface area contributed by atoms with Crippen molar-refractivity contribution in [1.29, 1.82) is 0 Å². The van der Waals surface area contributed by atoms with E-state index in [1.54, 1.807) is 0 Å². The molecule has 0 unspecified atom stereocenters. The summed E-state index contributed by atoms with van der Waals surface area (Å²) in [5, 5.41) is 32.9. The van der Waals surface area contributed by atoms with Crippen molar-refractivity contribution in [2.45, 2.75) is 13.3 Å². The molecule has 7 heteroatoms. The van der Waals surface area contributed by atoms with Gasteiger partial charge >= 0.3 is 11.9 Å². The van der Waals surface area contributed by atoms with Crippen LogP contribution in [0.2, 0.25) is 0 Å². The molecule has 4 N–H and O–H groups in total. The van der Waals surface area contributed by atoms with Crippen molar-refractivity contribution < 1.29 is 34.8 Å². The van der Waals surface area contributed by atoms with Crippen LogP contribution in [-0.2, 0) is 14.3 Å². The Kier molecular flexibility index (Phi) is 9.77. The number of aliphatic hydroxyl groups excluding tert-OH is 3. The third-order valence-corrected chi connectivity index (χ3v) is 1.70. The molecule has 0 atom stereocenters. The molecule has 16 heavy (non-hydrogen) atoms. The van der Waals surface area contributed by atoms with E-state index in [0.29, 0.717) is 0 Å². The number of hydrogen-bond acceptors (Lipinski definition) is 6. The molecule has 0 radical (unpaired) electrons. The van der Waals surface area contributed by atoms with Crippen molar-refractivity contribution in [2.75, 3.05) is 26.9 Å². The van der Waals surface area contributed by atoms with Gasteiger partial charge in [-0.3, -0.25) is 9.59 Å². The third-order valence-electron chi connectivity index (χ3n) is 1.70. The highest BCUT2D eigenvalue weighted by atomic mass is 16.5. The number of ether oxygens (including phenoxy) is 1. The molecule has 96 valence electrons. The first-order chi connectivity index (χ1) is 7.37. The maximum absolute atomic E-state index is 10.8. The number of methoxy groups -OCH3 is 1. The molecule has 0 aromatic heterocycles. The molecule has 0 aliphatic carbocycles. The number of hydrogen-bond donors (Lipinski definition) is 4. The molecule has 0 saturated carbocycles. The lowest BCUT2D eigenvalue weighted by molar-refractivity contribution is -0.156. The first kappa shape index (κ1) is 17.2. The lowest BCUT2D eigenvalue weighted by Gasteiger charge is -2.20. The smallest absolute Gasteiger partial charge is 0.316 e. The number of carbonyl (C=O) groups excluding carboxylic acids is 1. The number of carbonyl (C=O) groups is 2. The molecular formula is C9H18O7. The van der Waals surface area contributed by atoms with E-state index in [-0.39, 0.29) is 13.0 Å². The minimum Gasteiger partial charge on any atom is -0.481 e. The summed E-state index contributed by atoms with van der Waals surface area (Å²) < 4.78 is 4.34. The number of aliphatic carboxylic acids is 1. The maximum Gasteiger partial charge on any atom is 0.316 e. The van der Waals surface area contributed by atoms with E-state index >= 15 is 0 Å². The van der Waals surface area contributed by atoms with Gasteiger partial charge in [-0.1, -0.05) is 0 Å². The van der Waals surface area contributed by atoms with Crippen molar-refractivity contribution >= 4 is 11.9 Å².